The van der Waals surface area contributed by atoms with E-state index in [1.54, 1.807) is 37.3 Å². The summed E-state index contributed by atoms with van der Waals surface area (Å²) in [7, 11) is -2.72. The molecular formula is C30H35Br2N3O5S. The molecule has 11 heteroatoms. The van der Waals surface area contributed by atoms with Crippen molar-refractivity contribution in [2.45, 2.75) is 57.6 Å². The molecule has 3 aromatic rings. The summed E-state index contributed by atoms with van der Waals surface area (Å²) < 4.78 is 35.7. The number of ether oxygens (including phenoxy) is 1. The molecule has 2 amide bonds. The molecule has 3 aromatic carbocycles. The van der Waals surface area contributed by atoms with Gasteiger partial charge in [-0.3, -0.25) is 13.9 Å². The third-order valence-electron chi connectivity index (χ3n) is 6.22. The van der Waals surface area contributed by atoms with Gasteiger partial charge in [0.05, 0.1) is 22.2 Å². The van der Waals surface area contributed by atoms with Crippen LogP contribution in [0.2, 0.25) is 0 Å². The van der Waals surface area contributed by atoms with Crippen LogP contribution in [0.3, 0.4) is 0 Å². The molecule has 0 aromatic heterocycles. The number of anilines is 1. The van der Waals surface area contributed by atoms with Gasteiger partial charge in [0.25, 0.3) is 10.0 Å². The Labute approximate surface area is 259 Å². The van der Waals surface area contributed by atoms with Gasteiger partial charge in [-0.15, -0.1) is 0 Å². The number of nitrogens with zero attached hydrogens (tertiary/aromatic N) is 2. The number of benzene rings is 3. The third kappa shape index (κ3) is 8.56. The van der Waals surface area contributed by atoms with Gasteiger partial charge in [-0.2, -0.15) is 0 Å². The van der Waals surface area contributed by atoms with Gasteiger partial charge in [0.15, 0.2) is 0 Å². The van der Waals surface area contributed by atoms with E-state index in [9.17, 15) is 18.0 Å². The van der Waals surface area contributed by atoms with E-state index in [-0.39, 0.29) is 17.3 Å². The molecule has 0 fully saturated rings. The van der Waals surface area contributed by atoms with Crippen LogP contribution in [-0.4, -0.2) is 50.4 Å². The highest BCUT2D eigenvalue weighted by atomic mass is 79.9. The van der Waals surface area contributed by atoms with Crippen LogP contribution in [-0.2, 0) is 26.2 Å². The lowest BCUT2D eigenvalue weighted by atomic mass is 10.1. The number of aryl methyl sites for hydroxylation is 1. The lowest BCUT2D eigenvalue weighted by Crippen LogP contribution is -2.54. The Morgan fingerprint density at radius 2 is 1.66 bits per heavy atom. The molecule has 0 saturated carbocycles. The number of carbonyl (C=O) groups excluding carboxylic acids is 2. The first-order valence-corrected chi connectivity index (χ1v) is 15.9. The highest BCUT2D eigenvalue weighted by Crippen LogP contribution is 2.31. The van der Waals surface area contributed by atoms with Gasteiger partial charge in [0, 0.05) is 16.6 Å². The van der Waals surface area contributed by atoms with Crippen LogP contribution in [0, 0.1) is 6.92 Å². The Morgan fingerprint density at radius 3 is 2.22 bits per heavy atom. The fourth-order valence-electron chi connectivity index (χ4n) is 4.06. The van der Waals surface area contributed by atoms with E-state index in [0.29, 0.717) is 15.9 Å². The Hall–Kier alpha value is -2.89. The molecular weight excluding hydrogens is 674 g/mol. The summed E-state index contributed by atoms with van der Waals surface area (Å²) in [5.41, 5.74) is 1.53. The van der Waals surface area contributed by atoms with E-state index in [2.05, 4.69) is 37.2 Å². The number of hydrogen-bond donors (Lipinski definition) is 1. The zero-order chi connectivity index (χ0) is 30.5. The number of hydrogen-bond acceptors (Lipinski definition) is 5. The molecule has 41 heavy (non-hydrogen) atoms. The summed E-state index contributed by atoms with van der Waals surface area (Å²) in [6, 6.07) is 17.8. The molecule has 0 spiro atoms. The maximum Gasteiger partial charge on any atom is 0.264 e. The monoisotopic (exact) mass is 707 g/mol. The van der Waals surface area contributed by atoms with Crippen molar-refractivity contribution in [2.24, 2.45) is 0 Å². The predicted molar refractivity (Wildman–Crippen MR) is 168 cm³/mol. The molecule has 1 atom stereocenters. The summed E-state index contributed by atoms with van der Waals surface area (Å²) in [5.74, 6) is -0.399. The average molecular weight is 710 g/mol. The van der Waals surface area contributed by atoms with Crippen LogP contribution in [0.5, 0.6) is 5.75 Å². The molecule has 3 rings (SSSR count). The normalized spacial score (nSPS) is 12.4. The first kappa shape index (κ1) is 32.6. The first-order valence-electron chi connectivity index (χ1n) is 12.9. The van der Waals surface area contributed by atoms with Gasteiger partial charge in [0.2, 0.25) is 11.8 Å². The van der Waals surface area contributed by atoms with Crippen LogP contribution in [0.1, 0.15) is 38.8 Å². The minimum Gasteiger partial charge on any atom is -0.496 e. The molecule has 0 bridgehead atoms. The van der Waals surface area contributed by atoms with Crippen molar-refractivity contribution in [3.8, 4) is 5.75 Å². The van der Waals surface area contributed by atoms with E-state index >= 15 is 0 Å². The smallest absolute Gasteiger partial charge is 0.264 e. The number of amides is 2. The summed E-state index contributed by atoms with van der Waals surface area (Å²) >= 11 is 6.82. The lowest BCUT2D eigenvalue weighted by Gasteiger charge is -2.33. The topological polar surface area (TPSA) is 96.0 Å². The Balaban J connectivity index is 2.06. The van der Waals surface area contributed by atoms with Gasteiger partial charge < -0.3 is 15.0 Å². The molecule has 0 aliphatic heterocycles. The SMILES string of the molecule is COc1ccc(S(=O)(=O)N(CC(=O)N(Cc2cccc(Br)c2)[C@H](C)C(=O)NC(C)(C)C)c2ccc(C)cc2)cc1Br. The van der Waals surface area contributed by atoms with E-state index in [1.807, 2.05) is 52.0 Å². The quantitative estimate of drug-likeness (QED) is 0.277. The van der Waals surface area contributed by atoms with Crippen LogP contribution < -0.4 is 14.4 Å². The van der Waals surface area contributed by atoms with Gasteiger partial charge in [-0.05, 0) is 98.6 Å². The maximum atomic E-state index is 14.0. The number of nitrogens with one attached hydrogen (secondary N) is 1. The zero-order valence-corrected chi connectivity index (χ0v) is 27.9. The molecule has 1 N–H and O–H groups in total. The highest BCUT2D eigenvalue weighted by molar-refractivity contribution is 9.10. The number of methoxy groups -OCH3 is 1. The standard InChI is InChI=1S/C30H35Br2N3O5S/c1-20-10-12-24(13-11-20)35(41(38,39)25-14-15-27(40-6)26(32)17-25)19-28(36)34(18-22-8-7-9-23(31)16-22)21(2)29(37)33-30(3,4)5/h7-17,21H,18-19H2,1-6H3,(H,33,37)/t21-/m1/s1. The van der Waals surface area contributed by atoms with Gasteiger partial charge >= 0.3 is 0 Å². The summed E-state index contributed by atoms with van der Waals surface area (Å²) in [6.45, 7) is 8.69. The fraction of sp³-hybridized carbons (Fsp3) is 0.333. The van der Waals surface area contributed by atoms with Crippen LogP contribution in [0.25, 0.3) is 0 Å². The molecule has 0 radical (unpaired) electrons. The van der Waals surface area contributed by atoms with Crippen molar-refractivity contribution in [1.82, 2.24) is 10.2 Å². The predicted octanol–water partition coefficient (Wildman–Crippen LogP) is 6.06. The molecule has 0 saturated heterocycles. The van der Waals surface area contributed by atoms with E-state index in [4.69, 9.17) is 4.74 Å². The second-order valence-corrected chi connectivity index (χ2v) is 14.3. The molecule has 0 aliphatic carbocycles. The summed E-state index contributed by atoms with van der Waals surface area (Å²) in [4.78, 5) is 28.6. The van der Waals surface area contributed by atoms with Crippen LogP contribution >= 0.6 is 31.9 Å². The van der Waals surface area contributed by atoms with E-state index < -0.39 is 34.1 Å². The second kappa shape index (κ2) is 13.4. The summed E-state index contributed by atoms with van der Waals surface area (Å²) in [5, 5.41) is 2.92. The second-order valence-electron chi connectivity index (χ2n) is 10.7. The molecule has 8 nitrogen and oxygen atoms in total. The van der Waals surface area contributed by atoms with Gasteiger partial charge in [-0.25, -0.2) is 8.42 Å². The molecule has 0 aliphatic rings. The zero-order valence-electron chi connectivity index (χ0n) is 23.9. The largest absolute Gasteiger partial charge is 0.496 e. The Morgan fingerprint density at radius 1 is 1.00 bits per heavy atom. The maximum absolute atomic E-state index is 14.0. The van der Waals surface area contributed by atoms with Gasteiger partial charge in [0.1, 0.15) is 18.3 Å². The minimum absolute atomic E-state index is 0.0179. The van der Waals surface area contributed by atoms with Gasteiger partial charge in [-0.1, -0.05) is 45.8 Å². The Bertz CT molecular complexity index is 1510. The van der Waals surface area contributed by atoms with Crippen molar-refractivity contribution in [3.05, 3.63) is 86.8 Å². The average Bonchev–Trinajstić information content (AvgIpc) is 2.89. The highest BCUT2D eigenvalue weighted by Gasteiger charge is 2.33. The van der Waals surface area contributed by atoms with E-state index in [0.717, 1.165) is 19.9 Å². The Kier molecular flexibility index (Phi) is 10.7. The molecule has 0 unspecified atom stereocenters. The first-order chi connectivity index (χ1) is 19.1. The fourth-order valence-corrected chi connectivity index (χ4v) is 6.64. The van der Waals surface area contributed by atoms with Crippen molar-refractivity contribution in [2.75, 3.05) is 18.0 Å². The van der Waals surface area contributed by atoms with Crippen molar-refractivity contribution in [3.63, 3.8) is 0 Å². The van der Waals surface area contributed by atoms with Crippen LogP contribution in [0.4, 0.5) is 5.69 Å². The number of halogens is 2. The lowest BCUT2D eigenvalue weighted by molar-refractivity contribution is -0.140. The number of sulfonamides is 1. The van der Waals surface area contributed by atoms with Crippen molar-refractivity contribution in [1.29, 1.82) is 0 Å². The molecule has 220 valence electrons. The number of rotatable bonds is 10. The van der Waals surface area contributed by atoms with Crippen molar-refractivity contribution >= 4 is 59.4 Å². The number of carbonyl (C=O) groups is 2. The van der Waals surface area contributed by atoms with Crippen LogP contribution in [0.15, 0.2) is 80.6 Å². The summed E-state index contributed by atoms with van der Waals surface area (Å²) in [6.07, 6.45) is 0. The minimum atomic E-state index is -4.21. The van der Waals surface area contributed by atoms with E-state index in [1.165, 1.54) is 24.1 Å². The van der Waals surface area contributed by atoms with Crippen molar-refractivity contribution < 1.29 is 22.7 Å². The third-order valence-corrected chi connectivity index (χ3v) is 9.10. The molecule has 0 heterocycles.